The summed E-state index contributed by atoms with van der Waals surface area (Å²) in [5.74, 6) is 2.00. The van der Waals surface area contributed by atoms with Gasteiger partial charge in [-0.1, -0.05) is 0 Å². The SMILES string of the molecule is COc1cc(CN)cc(OC)c1OCCN1CCCC1. The van der Waals surface area contributed by atoms with E-state index in [9.17, 15) is 0 Å². The second-order valence-electron chi connectivity index (χ2n) is 4.93. The van der Waals surface area contributed by atoms with Crippen molar-refractivity contribution in [1.29, 1.82) is 0 Å². The summed E-state index contributed by atoms with van der Waals surface area (Å²) in [6.45, 7) is 4.36. The first-order valence-corrected chi connectivity index (χ1v) is 7.08. The van der Waals surface area contributed by atoms with E-state index in [1.807, 2.05) is 12.1 Å². The summed E-state index contributed by atoms with van der Waals surface area (Å²) < 4.78 is 16.6. The highest BCUT2D eigenvalue weighted by molar-refractivity contribution is 5.53. The topological polar surface area (TPSA) is 57.0 Å². The molecule has 0 amide bonds. The van der Waals surface area contributed by atoms with Gasteiger partial charge in [-0.15, -0.1) is 0 Å². The molecule has 1 aliphatic rings. The Kier molecular flexibility index (Phi) is 5.49. The Morgan fingerprint density at radius 3 is 2.20 bits per heavy atom. The van der Waals surface area contributed by atoms with Crippen LogP contribution in [-0.2, 0) is 6.54 Å². The van der Waals surface area contributed by atoms with Crippen molar-refractivity contribution in [2.24, 2.45) is 5.73 Å². The van der Waals surface area contributed by atoms with E-state index in [4.69, 9.17) is 19.9 Å². The number of ether oxygens (including phenoxy) is 3. The standard InChI is InChI=1S/C15H24N2O3/c1-18-13-9-12(11-16)10-14(19-2)15(13)20-8-7-17-5-3-4-6-17/h9-10H,3-8,11,16H2,1-2H3. The number of hydrogen-bond donors (Lipinski definition) is 1. The molecule has 0 bridgehead atoms. The Morgan fingerprint density at radius 1 is 1.10 bits per heavy atom. The van der Waals surface area contributed by atoms with Crippen molar-refractivity contribution in [3.63, 3.8) is 0 Å². The molecule has 5 nitrogen and oxygen atoms in total. The molecule has 0 aliphatic carbocycles. The van der Waals surface area contributed by atoms with Crippen molar-refractivity contribution in [2.75, 3.05) is 40.5 Å². The summed E-state index contributed by atoms with van der Waals surface area (Å²) in [6.07, 6.45) is 2.58. The largest absolute Gasteiger partial charge is 0.493 e. The fourth-order valence-electron chi connectivity index (χ4n) is 2.48. The van der Waals surface area contributed by atoms with Crippen molar-refractivity contribution >= 4 is 0 Å². The minimum atomic E-state index is 0.445. The van der Waals surface area contributed by atoms with Crippen LogP contribution in [0, 0.1) is 0 Å². The zero-order valence-electron chi connectivity index (χ0n) is 12.4. The van der Waals surface area contributed by atoms with Crippen molar-refractivity contribution in [2.45, 2.75) is 19.4 Å². The van der Waals surface area contributed by atoms with Crippen LogP contribution in [0.25, 0.3) is 0 Å². The van der Waals surface area contributed by atoms with Gasteiger partial charge in [-0.25, -0.2) is 0 Å². The molecular weight excluding hydrogens is 256 g/mol. The molecule has 2 N–H and O–H groups in total. The van der Waals surface area contributed by atoms with Crippen LogP contribution in [0.3, 0.4) is 0 Å². The number of methoxy groups -OCH3 is 2. The Labute approximate surface area is 120 Å². The van der Waals surface area contributed by atoms with Crippen LogP contribution in [0.1, 0.15) is 18.4 Å². The van der Waals surface area contributed by atoms with E-state index < -0.39 is 0 Å². The van der Waals surface area contributed by atoms with Crippen molar-refractivity contribution < 1.29 is 14.2 Å². The monoisotopic (exact) mass is 280 g/mol. The summed E-state index contributed by atoms with van der Waals surface area (Å²) in [7, 11) is 3.25. The smallest absolute Gasteiger partial charge is 0.203 e. The highest BCUT2D eigenvalue weighted by atomic mass is 16.5. The van der Waals surface area contributed by atoms with Gasteiger partial charge in [0.2, 0.25) is 5.75 Å². The maximum absolute atomic E-state index is 5.88. The van der Waals surface area contributed by atoms with Gasteiger partial charge < -0.3 is 19.9 Å². The van der Waals surface area contributed by atoms with Gasteiger partial charge >= 0.3 is 0 Å². The van der Waals surface area contributed by atoms with Gasteiger partial charge in [-0.2, -0.15) is 0 Å². The van der Waals surface area contributed by atoms with Crippen LogP contribution in [0.5, 0.6) is 17.2 Å². The van der Waals surface area contributed by atoms with Gasteiger partial charge in [0, 0.05) is 13.1 Å². The molecule has 112 valence electrons. The molecule has 1 fully saturated rings. The molecule has 1 saturated heterocycles. The highest BCUT2D eigenvalue weighted by Crippen LogP contribution is 2.38. The third kappa shape index (κ3) is 3.55. The maximum Gasteiger partial charge on any atom is 0.203 e. The van der Waals surface area contributed by atoms with Crippen molar-refractivity contribution in [1.82, 2.24) is 4.90 Å². The van der Waals surface area contributed by atoms with E-state index in [0.717, 1.165) is 12.1 Å². The lowest BCUT2D eigenvalue weighted by Crippen LogP contribution is -2.25. The van der Waals surface area contributed by atoms with Gasteiger partial charge in [0.15, 0.2) is 11.5 Å². The lowest BCUT2D eigenvalue weighted by molar-refractivity contribution is 0.222. The number of hydrogen-bond acceptors (Lipinski definition) is 5. The molecule has 1 aromatic rings. The summed E-state index contributed by atoms with van der Waals surface area (Å²) in [4.78, 5) is 2.41. The number of nitrogens with two attached hydrogens (primary N) is 1. The number of benzene rings is 1. The van der Waals surface area contributed by atoms with Crippen LogP contribution in [0.4, 0.5) is 0 Å². The molecule has 20 heavy (non-hydrogen) atoms. The lowest BCUT2D eigenvalue weighted by atomic mass is 10.2. The molecule has 0 unspecified atom stereocenters. The second-order valence-corrected chi connectivity index (χ2v) is 4.93. The summed E-state index contributed by atoms with van der Waals surface area (Å²) in [6, 6.07) is 3.79. The molecule has 0 aromatic heterocycles. The molecule has 0 radical (unpaired) electrons. The van der Waals surface area contributed by atoms with Crippen LogP contribution in [0.15, 0.2) is 12.1 Å². The first kappa shape index (κ1) is 14.9. The second kappa shape index (κ2) is 7.36. The van der Waals surface area contributed by atoms with Gasteiger partial charge in [0.1, 0.15) is 6.61 Å². The average molecular weight is 280 g/mol. The molecule has 0 spiro atoms. The highest BCUT2D eigenvalue weighted by Gasteiger charge is 2.15. The average Bonchev–Trinajstić information content (AvgIpc) is 3.00. The van der Waals surface area contributed by atoms with Gasteiger partial charge in [0.05, 0.1) is 14.2 Å². The molecule has 5 heteroatoms. The van der Waals surface area contributed by atoms with Crippen LogP contribution >= 0.6 is 0 Å². The number of rotatable bonds is 7. The first-order valence-electron chi connectivity index (χ1n) is 7.08. The zero-order chi connectivity index (χ0) is 14.4. The summed E-state index contributed by atoms with van der Waals surface area (Å²) in [5.41, 5.74) is 6.63. The Morgan fingerprint density at radius 2 is 1.70 bits per heavy atom. The minimum absolute atomic E-state index is 0.445. The quantitative estimate of drug-likeness (QED) is 0.823. The Bertz CT molecular complexity index is 406. The van der Waals surface area contributed by atoms with Crippen molar-refractivity contribution in [3.05, 3.63) is 17.7 Å². The third-order valence-electron chi connectivity index (χ3n) is 3.61. The summed E-state index contributed by atoms with van der Waals surface area (Å²) >= 11 is 0. The Hall–Kier alpha value is -1.46. The predicted molar refractivity (Wildman–Crippen MR) is 78.6 cm³/mol. The fourth-order valence-corrected chi connectivity index (χ4v) is 2.48. The molecule has 1 aliphatic heterocycles. The first-order chi connectivity index (χ1) is 9.78. The third-order valence-corrected chi connectivity index (χ3v) is 3.61. The lowest BCUT2D eigenvalue weighted by Gasteiger charge is -2.18. The Balaban J connectivity index is 2.04. The maximum atomic E-state index is 5.88. The number of nitrogens with zero attached hydrogens (tertiary/aromatic N) is 1. The molecule has 1 heterocycles. The van der Waals surface area contributed by atoms with Crippen LogP contribution in [0.2, 0.25) is 0 Å². The number of likely N-dealkylation sites (tertiary alicyclic amines) is 1. The fraction of sp³-hybridized carbons (Fsp3) is 0.600. The van der Waals surface area contributed by atoms with Gasteiger partial charge in [-0.3, -0.25) is 4.90 Å². The molecule has 2 rings (SSSR count). The van der Waals surface area contributed by atoms with E-state index in [1.54, 1.807) is 14.2 Å². The summed E-state index contributed by atoms with van der Waals surface area (Å²) in [5, 5.41) is 0. The zero-order valence-corrected chi connectivity index (χ0v) is 12.4. The molecule has 0 atom stereocenters. The van der Waals surface area contributed by atoms with E-state index >= 15 is 0 Å². The van der Waals surface area contributed by atoms with Crippen molar-refractivity contribution in [3.8, 4) is 17.2 Å². The van der Waals surface area contributed by atoms with Gasteiger partial charge in [-0.05, 0) is 43.6 Å². The normalized spacial score (nSPS) is 15.3. The molecular formula is C15H24N2O3. The molecule has 1 aromatic carbocycles. The van der Waals surface area contributed by atoms with Crippen LogP contribution < -0.4 is 19.9 Å². The molecule has 0 saturated carbocycles. The van der Waals surface area contributed by atoms with E-state index in [1.165, 1.54) is 25.9 Å². The van der Waals surface area contributed by atoms with E-state index in [-0.39, 0.29) is 0 Å². The minimum Gasteiger partial charge on any atom is -0.493 e. The van der Waals surface area contributed by atoms with E-state index in [2.05, 4.69) is 4.90 Å². The predicted octanol–water partition coefficient (Wildman–Crippen LogP) is 1.64. The van der Waals surface area contributed by atoms with Gasteiger partial charge in [0.25, 0.3) is 0 Å². The van der Waals surface area contributed by atoms with Crippen LogP contribution in [-0.4, -0.2) is 45.4 Å². The van der Waals surface area contributed by atoms with E-state index in [0.29, 0.717) is 30.4 Å².